The highest BCUT2D eigenvalue weighted by molar-refractivity contribution is 7.15. The van der Waals surface area contributed by atoms with E-state index in [1.807, 2.05) is 32.0 Å². The van der Waals surface area contributed by atoms with Gasteiger partial charge < -0.3 is 10.2 Å². The topological polar surface area (TPSA) is 113 Å². The Kier molecular flexibility index (Phi) is 6.36. The molecule has 9 nitrogen and oxygen atoms in total. The van der Waals surface area contributed by atoms with Gasteiger partial charge in [0.05, 0.1) is 11.1 Å². The molecule has 0 radical (unpaired) electrons. The molecular formula is C26H25N5O4S. The van der Waals surface area contributed by atoms with Crippen LogP contribution in [0, 0.1) is 13.8 Å². The maximum absolute atomic E-state index is 12.6. The van der Waals surface area contributed by atoms with Gasteiger partial charge >= 0.3 is 0 Å². The molecule has 1 atom stereocenters. The van der Waals surface area contributed by atoms with E-state index in [-0.39, 0.29) is 42.5 Å². The predicted octanol–water partition coefficient (Wildman–Crippen LogP) is 3.69. The Morgan fingerprint density at radius 1 is 1.03 bits per heavy atom. The number of imide groups is 1. The van der Waals surface area contributed by atoms with Gasteiger partial charge in [-0.15, -0.1) is 10.2 Å². The third-order valence-corrected chi connectivity index (χ3v) is 7.63. The molecule has 0 bridgehead atoms. The molecule has 2 aliphatic heterocycles. The van der Waals surface area contributed by atoms with E-state index in [0.29, 0.717) is 40.7 Å². The molecule has 36 heavy (non-hydrogen) atoms. The first-order chi connectivity index (χ1) is 17.3. The second-order valence-corrected chi connectivity index (χ2v) is 10.1. The van der Waals surface area contributed by atoms with E-state index < -0.39 is 0 Å². The molecule has 0 spiro atoms. The van der Waals surface area contributed by atoms with E-state index in [9.17, 15) is 19.2 Å². The van der Waals surface area contributed by atoms with Crippen molar-refractivity contribution in [2.24, 2.45) is 0 Å². The molecule has 1 saturated heterocycles. The summed E-state index contributed by atoms with van der Waals surface area (Å²) in [5.74, 6) is -0.974. The Morgan fingerprint density at radius 2 is 1.75 bits per heavy atom. The number of fused-ring (bicyclic) bond motifs is 1. The van der Waals surface area contributed by atoms with E-state index >= 15 is 0 Å². The van der Waals surface area contributed by atoms with Gasteiger partial charge in [-0.3, -0.25) is 24.1 Å². The fourth-order valence-electron chi connectivity index (χ4n) is 4.49. The number of nitrogens with one attached hydrogen (secondary N) is 1. The van der Waals surface area contributed by atoms with Crippen LogP contribution in [0.5, 0.6) is 0 Å². The molecule has 5 rings (SSSR count). The van der Waals surface area contributed by atoms with Crippen molar-refractivity contribution in [1.82, 2.24) is 15.1 Å². The average molecular weight is 504 g/mol. The first-order valence-electron chi connectivity index (χ1n) is 11.8. The maximum atomic E-state index is 12.6. The predicted molar refractivity (Wildman–Crippen MR) is 135 cm³/mol. The summed E-state index contributed by atoms with van der Waals surface area (Å²) in [5, 5.41) is 12.1. The van der Waals surface area contributed by atoms with Crippen LogP contribution in [0.25, 0.3) is 0 Å². The molecule has 1 fully saturated rings. The largest absolute Gasteiger partial charge is 0.312 e. The quantitative estimate of drug-likeness (QED) is 0.492. The van der Waals surface area contributed by atoms with Crippen LogP contribution in [-0.4, -0.2) is 51.8 Å². The lowest BCUT2D eigenvalue weighted by Crippen LogP contribution is -2.31. The normalized spacial score (nSPS) is 17.2. The number of benzene rings is 2. The van der Waals surface area contributed by atoms with Gasteiger partial charge in [-0.05, 0) is 55.7 Å². The highest BCUT2D eigenvalue weighted by Gasteiger charge is 2.35. The van der Waals surface area contributed by atoms with Gasteiger partial charge in [-0.25, -0.2) is 0 Å². The van der Waals surface area contributed by atoms with Crippen LogP contribution >= 0.6 is 11.3 Å². The average Bonchev–Trinajstić information content (AvgIpc) is 3.54. The number of nitrogens with zero attached hydrogens (tertiary/aromatic N) is 4. The summed E-state index contributed by atoms with van der Waals surface area (Å²) in [6.07, 6.45) is 0.811. The SMILES string of the molecule is Cc1ccc(N2CC(c3nnc(NC(=O)CCCN4C(=O)c5ccccc5C4=O)s3)CC2=O)cc1C. The Bertz CT molecular complexity index is 1350. The molecule has 0 aliphatic carbocycles. The maximum Gasteiger partial charge on any atom is 0.261 e. The van der Waals surface area contributed by atoms with Gasteiger partial charge in [0.2, 0.25) is 16.9 Å². The zero-order chi connectivity index (χ0) is 25.4. The molecule has 1 aromatic heterocycles. The summed E-state index contributed by atoms with van der Waals surface area (Å²) in [4.78, 5) is 52.9. The number of aryl methyl sites for hydroxylation is 2. The Hall–Kier alpha value is -3.92. The van der Waals surface area contributed by atoms with Crippen molar-refractivity contribution >= 4 is 45.8 Å². The van der Waals surface area contributed by atoms with Crippen molar-refractivity contribution in [3.05, 3.63) is 69.7 Å². The Labute approximate surface area is 212 Å². The number of carbonyl (C=O) groups excluding carboxylic acids is 4. The fraction of sp³-hybridized carbons (Fsp3) is 0.308. The molecule has 0 saturated carbocycles. The summed E-state index contributed by atoms with van der Waals surface area (Å²) in [7, 11) is 0. The number of rotatable bonds is 7. The molecule has 184 valence electrons. The fourth-order valence-corrected chi connectivity index (χ4v) is 5.34. The van der Waals surface area contributed by atoms with Crippen molar-refractivity contribution in [3.63, 3.8) is 0 Å². The highest BCUT2D eigenvalue weighted by atomic mass is 32.1. The van der Waals surface area contributed by atoms with E-state index in [1.165, 1.54) is 21.8 Å². The lowest BCUT2D eigenvalue weighted by molar-refractivity contribution is -0.117. The van der Waals surface area contributed by atoms with Crippen LogP contribution in [-0.2, 0) is 9.59 Å². The van der Waals surface area contributed by atoms with Crippen LogP contribution in [0.3, 0.4) is 0 Å². The molecule has 2 aromatic carbocycles. The lowest BCUT2D eigenvalue weighted by atomic mass is 10.1. The van der Waals surface area contributed by atoms with Crippen LogP contribution in [0.1, 0.15) is 62.0 Å². The summed E-state index contributed by atoms with van der Waals surface area (Å²) in [6, 6.07) is 12.7. The van der Waals surface area contributed by atoms with Crippen molar-refractivity contribution in [2.45, 2.75) is 39.0 Å². The zero-order valence-electron chi connectivity index (χ0n) is 20.0. The van der Waals surface area contributed by atoms with E-state index in [0.717, 1.165) is 11.3 Å². The lowest BCUT2D eigenvalue weighted by Gasteiger charge is -2.17. The third-order valence-electron chi connectivity index (χ3n) is 6.63. The second kappa shape index (κ2) is 9.62. The molecule has 3 heterocycles. The van der Waals surface area contributed by atoms with E-state index in [1.54, 1.807) is 29.2 Å². The molecule has 3 aromatic rings. The first-order valence-corrected chi connectivity index (χ1v) is 12.6. The molecule has 4 amide bonds. The number of amides is 4. The minimum absolute atomic E-state index is 0.0391. The van der Waals surface area contributed by atoms with Crippen LogP contribution in [0.4, 0.5) is 10.8 Å². The number of hydrogen-bond acceptors (Lipinski definition) is 7. The Balaban J connectivity index is 1.13. The third kappa shape index (κ3) is 4.51. The van der Waals surface area contributed by atoms with Crippen LogP contribution in [0.15, 0.2) is 42.5 Å². The number of aromatic nitrogens is 2. The zero-order valence-corrected chi connectivity index (χ0v) is 20.8. The summed E-state index contributed by atoms with van der Waals surface area (Å²) < 4.78 is 0. The minimum Gasteiger partial charge on any atom is -0.312 e. The monoisotopic (exact) mass is 503 g/mol. The molecule has 1 N–H and O–H groups in total. The van der Waals surface area contributed by atoms with Gasteiger partial charge in [-0.2, -0.15) is 0 Å². The number of anilines is 2. The van der Waals surface area contributed by atoms with Crippen molar-refractivity contribution in [3.8, 4) is 0 Å². The summed E-state index contributed by atoms with van der Waals surface area (Å²) >= 11 is 1.26. The van der Waals surface area contributed by atoms with Crippen molar-refractivity contribution in [1.29, 1.82) is 0 Å². The van der Waals surface area contributed by atoms with Gasteiger partial charge in [0.1, 0.15) is 5.01 Å². The van der Waals surface area contributed by atoms with Gasteiger partial charge in [0.25, 0.3) is 11.8 Å². The van der Waals surface area contributed by atoms with E-state index in [4.69, 9.17) is 0 Å². The molecule has 10 heteroatoms. The summed E-state index contributed by atoms with van der Waals surface area (Å²) in [6.45, 7) is 4.75. The highest BCUT2D eigenvalue weighted by Crippen LogP contribution is 2.35. The van der Waals surface area contributed by atoms with Crippen LogP contribution < -0.4 is 10.2 Å². The smallest absolute Gasteiger partial charge is 0.261 e. The number of carbonyl (C=O) groups is 4. The molecule has 2 aliphatic rings. The van der Waals surface area contributed by atoms with Gasteiger partial charge in [0.15, 0.2) is 0 Å². The second-order valence-electron chi connectivity index (χ2n) is 9.08. The standard InChI is InChI=1S/C26H25N5O4S/c1-15-9-10-18(12-16(15)2)31-14-17(13-22(31)33)23-28-29-26(36-23)27-21(32)8-5-11-30-24(34)19-6-3-4-7-20(19)25(30)35/h3-4,6-7,9-10,12,17H,5,8,11,13-14H2,1-2H3,(H,27,29,32). The van der Waals surface area contributed by atoms with E-state index in [2.05, 4.69) is 15.5 Å². The van der Waals surface area contributed by atoms with Crippen LogP contribution in [0.2, 0.25) is 0 Å². The Morgan fingerprint density at radius 3 is 2.44 bits per heavy atom. The van der Waals surface area contributed by atoms with Gasteiger partial charge in [0, 0.05) is 37.5 Å². The minimum atomic E-state index is -0.328. The molecule has 1 unspecified atom stereocenters. The number of hydrogen-bond donors (Lipinski definition) is 1. The van der Waals surface area contributed by atoms with Crippen molar-refractivity contribution in [2.75, 3.05) is 23.3 Å². The molecular weight excluding hydrogens is 478 g/mol. The first kappa shape index (κ1) is 23.8. The van der Waals surface area contributed by atoms with Gasteiger partial charge in [-0.1, -0.05) is 29.5 Å². The summed E-state index contributed by atoms with van der Waals surface area (Å²) in [5.41, 5.74) is 3.98. The van der Waals surface area contributed by atoms with Crippen molar-refractivity contribution < 1.29 is 19.2 Å².